The third-order valence-electron chi connectivity index (χ3n) is 4.69. The van der Waals surface area contributed by atoms with Crippen molar-refractivity contribution < 1.29 is 24.3 Å². The van der Waals surface area contributed by atoms with Gasteiger partial charge in [-0.1, -0.05) is 27.7 Å². The first-order valence-corrected chi connectivity index (χ1v) is 10.8. The number of nitrogens with one attached hydrogen (secondary N) is 4. The molecule has 0 radical (unpaired) electrons. The number of carboxylic acid groups (broad SMARTS) is 1. The van der Waals surface area contributed by atoms with Crippen molar-refractivity contribution in [3.05, 3.63) is 18.2 Å². The largest absolute Gasteiger partial charge is 0.480 e. The number of imidazole rings is 1. The summed E-state index contributed by atoms with van der Waals surface area (Å²) < 4.78 is 0. The molecule has 1 aromatic heterocycles. The summed E-state index contributed by atoms with van der Waals surface area (Å²) in [5.41, 5.74) is 6.23. The summed E-state index contributed by atoms with van der Waals surface area (Å²) in [4.78, 5) is 56.3. The van der Waals surface area contributed by atoms with E-state index in [1.54, 1.807) is 0 Å². The van der Waals surface area contributed by atoms with Crippen LogP contribution < -0.4 is 21.7 Å². The molecule has 0 fully saturated rings. The van der Waals surface area contributed by atoms with Crippen LogP contribution in [0.15, 0.2) is 12.5 Å². The molecular weight excluding hydrogens is 416 g/mol. The summed E-state index contributed by atoms with van der Waals surface area (Å²) in [5.74, 6) is -2.71. The van der Waals surface area contributed by atoms with Gasteiger partial charge in [0.2, 0.25) is 17.7 Å². The van der Waals surface area contributed by atoms with Gasteiger partial charge in [0, 0.05) is 18.3 Å². The summed E-state index contributed by atoms with van der Waals surface area (Å²) in [6, 6.07) is -3.85. The lowest BCUT2D eigenvalue weighted by molar-refractivity contribution is -0.143. The number of H-pyrrole nitrogens is 1. The third-order valence-corrected chi connectivity index (χ3v) is 4.69. The van der Waals surface area contributed by atoms with Gasteiger partial charge in [-0.25, -0.2) is 9.78 Å². The first-order valence-electron chi connectivity index (χ1n) is 10.8. The van der Waals surface area contributed by atoms with E-state index in [0.29, 0.717) is 12.1 Å². The van der Waals surface area contributed by atoms with E-state index in [-0.39, 0.29) is 24.7 Å². The monoisotopic (exact) mass is 452 g/mol. The van der Waals surface area contributed by atoms with E-state index in [4.69, 9.17) is 5.73 Å². The lowest BCUT2D eigenvalue weighted by atomic mass is 10.00. The van der Waals surface area contributed by atoms with Crippen molar-refractivity contribution in [2.45, 2.75) is 78.0 Å². The highest BCUT2D eigenvalue weighted by Gasteiger charge is 2.31. The van der Waals surface area contributed by atoms with Gasteiger partial charge in [0.1, 0.15) is 18.1 Å². The molecule has 0 aliphatic heterocycles. The molecule has 0 saturated carbocycles. The standard InChI is InChI=1S/C21H36N6O5/c1-11(2)6-15(19(29)27-17(21(31)32)7-12(3)4)26-20(30)16(25-18(28)13(5)22)8-14-9-23-10-24-14/h9-13,15-17H,6-8,22H2,1-5H3,(H,23,24)(H,25,28)(H,26,30)(H,27,29)(H,31,32). The Morgan fingerprint density at radius 3 is 1.88 bits per heavy atom. The minimum atomic E-state index is -1.14. The van der Waals surface area contributed by atoms with Crippen LogP contribution in [0.3, 0.4) is 0 Å². The zero-order valence-electron chi connectivity index (χ0n) is 19.3. The molecule has 11 heteroatoms. The smallest absolute Gasteiger partial charge is 0.326 e. The second kappa shape index (κ2) is 12.8. The molecule has 0 aliphatic carbocycles. The Kier molecular flexibility index (Phi) is 10.8. The van der Waals surface area contributed by atoms with E-state index < -0.39 is 47.9 Å². The number of aromatic nitrogens is 2. The van der Waals surface area contributed by atoms with Crippen LogP contribution in [-0.2, 0) is 25.6 Å². The number of hydrogen-bond donors (Lipinski definition) is 6. The van der Waals surface area contributed by atoms with Gasteiger partial charge in [0.25, 0.3) is 0 Å². The van der Waals surface area contributed by atoms with Crippen LogP contribution >= 0.6 is 0 Å². The van der Waals surface area contributed by atoms with Crippen LogP contribution in [-0.4, -0.2) is 62.9 Å². The molecule has 0 aromatic carbocycles. The highest BCUT2D eigenvalue weighted by Crippen LogP contribution is 2.10. The quantitative estimate of drug-likeness (QED) is 0.242. The molecule has 7 N–H and O–H groups in total. The maximum absolute atomic E-state index is 13.0. The summed E-state index contributed by atoms with van der Waals surface area (Å²) in [5, 5.41) is 17.2. The van der Waals surface area contributed by atoms with E-state index >= 15 is 0 Å². The summed E-state index contributed by atoms with van der Waals surface area (Å²) in [6.45, 7) is 8.98. The lowest BCUT2D eigenvalue weighted by Gasteiger charge is -2.26. The molecule has 0 saturated heterocycles. The molecule has 0 bridgehead atoms. The van der Waals surface area contributed by atoms with Gasteiger partial charge in [-0.05, 0) is 31.6 Å². The van der Waals surface area contributed by atoms with Crippen molar-refractivity contribution in [3.8, 4) is 0 Å². The molecule has 0 spiro atoms. The Morgan fingerprint density at radius 2 is 1.41 bits per heavy atom. The lowest BCUT2D eigenvalue weighted by Crippen LogP contribution is -2.57. The van der Waals surface area contributed by atoms with Gasteiger partial charge in [0.05, 0.1) is 12.4 Å². The normalized spacial score (nSPS) is 15.0. The summed E-state index contributed by atoms with van der Waals surface area (Å²) in [7, 11) is 0. The van der Waals surface area contributed by atoms with Crippen LogP contribution in [0.5, 0.6) is 0 Å². The van der Waals surface area contributed by atoms with E-state index in [1.807, 2.05) is 27.7 Å². The fourth-order valence-corrected chi connectivity index (χ4v) is 3.07. The Labute approximate surface area is 188 Å². The van der Waals surface area contributed by atoms with E-state index in [2.05, 4.69) is 25.9 Å². The fraction of sp³-hybridized carbons (Fsp3) is 0.667. The van der Waals surface area contributed by atoms with Crippen molar-refractivity contribution >= 4 is 23.7 Å². The second-order valence-corrected chi connectivity index (χ2v) is 8.85. The minimum Gasteiger partial charge on any atom is -0.480 e. The van der Waals surface area contributed by atoms with Gasteiger partial charge < -0.3 is 31.8 Å². The number of carbonyl (C=O) groups excluding carboxylic acids is 3. The van der Waals surface area contributed by atoms with Gasteiger partial charge in [-0.15, -0.1) is 0 Å². The number of nitrogens with two attached hydrogens (primary N) is 1. The molecule has 180 valence electrons. The Balaban J connectivity index is 3.00. The minimum absolute atomic E-state index is 0.0455. The average molecular weight is 453 g/mol. The number of carboxylic acids is 1. The number of carbonyl (C=O) groups is 4. The van der Waals surface area contributed by atoms with Crippen molar-refractivity contribution in [2.75, 3.05) is 0 Å². The number of aliphatic carboxylic acids is 1. The van der Waals surface area contributed by atoms with Crippen molar-refractivity contribution in [2.24, 2.45) is 17.6 Å². The Morgan fingerprint density at radius 1 is 0.906 bits per heavy atom. The number of aromatic amines is 1. The number of hydrogen-bond acceptors (Lipinski definition) is 6. The summed E-state index contributed by atoms with van der Waals surface area (Å²) in [6.07, 6.45) is 3.65. The second-order valence-electron chi connectivity index (χ2n) is 8.85. The first-order chi connectivity index (χ1) is 14.9. The first kappa shape index (κ1) is 27.1. The molecule has 4 atom stereocenters. The van der Waals surface area contributed by atoms with E-state index in [0.717, 1.165) is 0 Å². The van der Waals surface area contributed by atoms with Gasteiger partial charge in [-0.3, -0.25) is 14.4 Å². The van der Waals surface area contributed by atoms with Crippen LogP contribution in [0.25, 0.3) is 0 Å². The van der Waals surface area contributed by atoms with Crippen LogP contribution in [0.2, 0.25) is 0 Å². The average Bonchev–Trinajstić information content (AvgIpc) is 3.18. The topological polar surface area (TPSA) is 179 Å². The van der Waals surface area contributed by atoms with Crippen molar-refractivity contribution in [3.63, 3.8) is 0 Å². The van der Waals surface area contributed by atoms with Gasteiger partial charge >= 0.3 is 5.97 Å². The molecular formula is C21H36N6O5. The molecule has 3 amide bonds. The number of nitrogens with zero attached hydrogens (tertiary/aromatic N) is 1. The molecule has 11 nitrogen and oxygen atoms in total. The molecule has 1 rings (SSSR count). The van der Waals surface area contributed by atoms with Crippen molar-refractivity contribution in [1.82, 2.24) is 25.9 Å². The van der Waals surface area contributed by atoms with Gasteiger partial charge in [-0.2, -0.15) is 0 Å². The fourth-order valence-electron chi connectivity index (χ4n) is 3.07. The SMILES string of the molecule is CC(C)CC(NC(=O)C(CC(C)C)NC(=O)C(Cc1cnc[nH]1)NC(=O)C(C)N)C(=O)O. The predicted octanol–water partition coefficient (Wildman–Crippen LogP) is -0.0694. The highest BCUT2D eigenvalue weighted by molar-refractivity contribution is 5.94. The zero-order chi connectivity index (χ0) is 24.4. The van der Waals surface area contributed by atoms with E-state index in [1.165, 1.54) is 19.4 Å². The van der Waals surface area contributed by atoms with Crippen LogP contribution in [0.1, 0.15) is 53.2 Å². The molecule has 32 heavy (non-hydrogen) atoms. The maximum Gasteiger partial charge on any atom is 0.326 e. The van der Waals surface area contributed by atoms with Gasteiger partial charge in [0.15, 0.2) is 0 Å². The van der Waals surface area contributed by atoms with E-state index in [9.17, 15) is 24.3 Å². The molecule has 1 aromatic rings. The maximum atomic E-state index is 13.0. The van der Waals surface area contributed by atoms with Crippen molar-refractivity contribution in [1.29, 1.82) is 0 Å². The number of amides is 3. The van der Waals surface area contributed by atoms with Crippen LogP contribution in [0.4, 0.5) is 0 Å². The molecule has 1 heterocycles. The highest BCUT2D eigenvalue weighted by atomic mass is 16.4. The Hall–Kier alpha value is -2.95. The predicted molar refractivity (Wildman–Crippen MR) is 118 cm³/mol. The number of rotatable bonds is 13. The van der Waals surface area contributed by atoms with Crippen LogP contribution in [0, 0.1) is 11.8 Å². The Bertz CT molecular complexity index is 763. The molecule has 4 unspecified atom stereocenters. The summed E-state index contributed by atoms with van der Waals surface area (Å²) >= 11 is 0. The zero-order valence-corrected chi connectivity index (χ0v) is 19.3. The third kappa shape index (κ3) is 9.46. The molecule has 0 aliphatic rings.